The van der Waals surface area contributed by atoms with E-state index in [1.807, 2.05) is 92.0 Å². The highest BCUT2D eigenvalue weighted by atomic mass is 35.5. The number of benzene rings is 3. The van der Waals surface area contributed by atoms with Crippen LogP contribution in [0.1, 0.15) is 15.9 Å². The molecule has 0 saturated heterocycles. The molecule has 0 aliphatic heterocycles. The summed E-state index contributed by atoms with van der Waals surface area (Å²) in [7, 11) is 1.84. The molecule has 3 aromatic carbocycles. The maximum Gasteiger partial charge on any atom is 0.256 e. The molecular formula is C27H21ClN4OS. The van der Waals surface area contributed by atoms with Crippen LogP contribution in [0.5, 0.6) is 0 Å². The van der Waals surface area contributed by atoms with Gasteiger partial charge in [-0.25, -0.2) is 0 Å². The molecule has 7 heteroatoms. The Morgan fingerprint density at radius 2 is 1.74 bits per heavy atom. The molecule has 1 N–H and O–H groups in total. The number of aryl methyl sites for hydroxylation is 1. The summed E-state index contributed by atoms with van der Waals surface area (Å²) < 4.78 is 1.69. The van der Waals surface area contributed by atoms with Crippen molar-refractivity contribution >= 4 is 45.9 Å². The number of anilines is 1. The summed E-state index contributed by atoms with van der Waals surface area (Å²) in [6.45, 7) is 0. The van der Waals surface area contributed by atoms with E-state index in [0.29, 0.717) is 22.2 Å². The van der Waals surface area contributed by atoms with E-state index in [4.69, 9.17) is 11.6 Å². The molecule has 34 heavy (non-hydrogen) atoms. The Kier molecular flexibility index (Phi) is 6.34. The average molecular weight is 485 g/mol. The van der Waals surface area contributed by atoms with Gasteiger partial charge in [0.1, 0.15) is 5.15 Å². The third-order valence-corrected chi connectivity index (χ3v) is 7.04. The number of halogens is 1. The number of nitrogens with one attached hydrogen (secondary N) is 1. The van der Waals surface area contributed by atoms with Crippen LogP contribution in [0, 0.1) is 0 Å². The predicted molar refractivity (Wildman–Crippen MR) is 139 cm³/mol. The van der Waals surface area contributed by atoms with Gasteiger partial charge in [0.25, 0.3) is 5.91 Å². The van der Waals surface area contributed by atoms with Crippen LogP contribution in [0.4, 0.5) is 5.69 Å². The van der Waals surface area contributed by atoms with Gasteiger partial charge in [-0.1, -0.05) is 72.3 Å². The summed E-state index contributed by atoms with van der Waals surface area (Å²) >= 11 is 8.15. The molecule has 0 spiro atoms. The van der Waals surface area contributed by atoms with Gasteiger partial charge >= 0.3 is 0 Å². The van der Waals surface area contributed by atoms with Crippen LogP contribution in [-0.2, 0) is 12.8 Å². The average Bonchev–Trinajstić information content (AvgIpc) is 3.16. The molecule has 0 fully saturated rings. The maximum absolute atomic E-state index is 13.1. The summed E-state index contributed by atoms with van der Waals surface area (Å²) in [4.78, 5) is 18.4. The van der Waals surface area contributed by atoms with Crippen molar-refractivity contribution in [3.63, 3.8) is 0 Å². The fraction of sp³-hybridized carbons (Fsp3) is 0.0741. The number of amides is 1. The lowest BCUT2D eigenvalue weighted by Crippen LogP contribution is -2.13. The van der Waals surface area contributed by atoms with Crippen molar-refractivity contribution in [3.8, 4) is 11.3 Å². The van der Waals surface area contributed by atoms with Gasteiger partial charge in [-0.2, -0.15) is 5.10 Å². The van der Waals surface area contributed by atoms with E-state index < -0.39 is 0 Å². The van der Waals surface area contributed by atoms with Gasteiger partial charge in [-0.05, 0) is 24.3 Å². The second-order valence-corrected chi connectivity index (χ2v) is 9.14. The summed E-state index contributed by atoms with van der Waals surface area (Å²) in [6, 6.07) is 27.3. The molecule has 5 nitrogen and oxygen atoms in total. The first kappa shape index (κ1) is 22.2. The molecule has 0 aliphatic carbocycles. The van der Waals surface area contributed by atoms with Crippen LogP contribution in [0.25, 0.3) is 22.2 Å². The zero-order chi connectivity index (χ0) is 23.5. The zero-order valence-electron chi connectivity index (χ0n) is 18.4. The minimum Gasteiger partial charge on any atom is -0.321 e. The quantitative estimate of drug-likeness (QED) is 0.268. The fourth-order valence-electron chi connectivity index (χ4n) is 3.77. The SMILES string of the molecule is Cn1nc(-c2ccccc2)c(CSc2ccccc2C(=O)Nc2cnc3ccccc3c2)c1Cl. The number of carbonyl (C=O) groups excluding carboxylic acids is 1. The van der Waals surface area contributed by atoms with Gasteiger partial charge in [-0.15, -0.1) is 11.8 Å². The second-order valence-electron chi connectivity index (χ2n) is 7.76. The number of nitrogens with zero attached hydrogens (tertiary/aromatic N) is 3. The third kappa shape index (κ3) is 4.55. The van der Waals surface area contributed by atoms with Gasteiger partial charge in [0, 0.05) is 34.2 Å². The van der Waals surface area contributed by atoms with Crippen LogP contribution >= 0.6 is 23.4 Å². The summed E-state index contributed by atoms with van der Waals surface area (Å²) in [5.74, 6) is 0.402. The molecule has 168 valence electrons. The number of hydrogen-bond donors (Lipinski definition) is 1. The largest absolute Gasteiger partial charge is 0.321 e. The van der Waals surface area contributed by atoms with Crippen LogP contribution in [0.3, 0.4) is 0 Å². The lowest BCUT2D eigenvalue weighted by atomic mass is 10.1. The Morgan fingerprint density at radius 3 is 2.59 bits per heavy atom. The summed E-state index contributed by atoms with van der Waals surface area (Å²) in [5, 5.41) is 9.17. The number of pyridine rings is 1. The minimum absolute atomic E-state index is 0.180. The van der Waals surface area contributed by atoms with Crippen LogP contribution in [-0.4, -0.2) is 20.7 Å². The summed E-state index contributed by atoms with van der Waals surface area (Å²) in [6.07, 6.45) is 1.68. The van der Waals surface area contributed by atoms with Crippen molar-refractivity contribution in [3.05, 3.63) is 107 Å². The summed E-state index contributed by atoms with van der Waals surface area (Å²) in [5.41, 5.74) is 4.95. The number of hydrogen-bond acceptors (Lipinski definition) is 4. The van der Waals surface area contributed by atoms with Crippen LogP contribution in [0.2, 0.25) is 5.15 Å². The molecule has 0 bridgehead atoms. The van der Waals surface area contributed by atoms with Gasteiger partial charge in [0.15, 0.2) is 0 Å². The minimum atomic E-state index is -0.180. The van der Waals surface area contributed by atoms with Crippen molar-refractivity contribution in [1.82, 2.24) is 14.8 Å². The molecule has 1 amide bonds. The van der Waals surface area contributed by atoms with E-state index in [1.54, 1.807) is 22.6 Å². The lowest BCUT2D eigenvalue weighted by Gasteiger charge is -2.11. The first-order valence-corrected chi connectivity index (χ1v) is 12.1. The molecule has 2 aromatic heterocycles. The van der Waals surface area contributed by atoms with E-state index in [2.05, 4.69) is 15.4 Å². The maximum atomic E-state index is 13.1. The first-order chi connectivity index (χ1) is 16.6. The van der Waals surface area contributed by atoms with Crippen molar-refractivity contribution < 1.29 is 4.79 Å². The monoisotopic (exact) mass is 484 g/mol. The Bertz CT molecular complexity index is 1480. The number of fused-ring (bicyclic) bond motifs is 1. The molecule has 5 rings (SSSR count). The van der Waals surface area contributed by atoms with Gasteiger partial charge in [0.05, 0.1) is 28.7 Å². The van der Waals surface area contributed by atoms with E-state index in [-0.39, 0.29) is 5.91 Å². The predicted octanol–water partition coefficient (Wildman–Crippen LogP) is 6.83. The standard InChI is InChI=1S/C27H21ClN4OS/c1-32-26(28)22(25(31-32)18-9-3-2-4-10-18)17-34-24-14-8-6-12-21(24)27(33)30-20-15-19-11-5-7-13-23(19)29-16-20/h2-16H,17H2,1H3,(H,30,33). The zero-order valence-corrected chi connectivity index (χ0v) is 20.0. The van der Waals surface area contributed by atoms with Crippen molar-refractivity contribution in [2.24, 2.45) is 7.05 Å². The fourth-order valence-corrected chi connectivity index (χ4v) is 5.11. The smallest absolute Gasteiger partial charge is 0.256 e. The van der Waals surface area contributed by atoms with Gasteiger partial charge < -0.3 is 5.32 Å². The van der Waals surface area contributed by atoms with Gasteiger partial charge in [-0.3, -0.25) is 14.5 Å². The van der Waals surface area contributed by atoms with Crippen molar-refractivity contribution in [2.45, 2.75) is 10.6 Å². The Morgan fingerprint density at radius 1 is 1.00 bits per heavy atom. The number of para-hydroxylation sites is 1. The normalized spacial score (nSPS) is 11.0. The number of aromatic nitrogens is 3. The second kappa shape index (κ2) is 9.71. The molecule has 0 unspecified atom stereocenters. The molecular weight excluding hydrogens is 464 g/mol. The molecule has 0 aliphatic rings. The van der Waals surface area contributed by atoms with Crippen LogP contribution in [0.15, 0.2) is 96.0 Å². The topological polar surface area (TPSA) is 59.8 Å². The molecule has 5 aromatic rings. The number of thioether (sulfide) groups is 1. The van der Waals surface area contributed by atoms with E-state index in [0.717, 1.165) is 32.6 Å². The van der Waals surface area contributed by atoms with E-state index >= 15 is 0 Å². The molecule has 0 atom stereocenters. The van der Waals surface area contributed by atoms with Gasteiger partial charge in [0.2, 0.25) is 0 Å². The molecule has 0 radical (unpaired) electrons. The molecule has 0 saturated carbocycles. The third-order valence-electron chi connectivity index (χ3n) is 5.47. The van der Waals surface area contributed by atoms with E-state index in [9.17, 15) is 4.79 Å². The van der Waals surface area contributed by atoms with Crippen molar-refractivity contribution in [2.75, 3.05) is 5.32 Å². The Hall–Kier alpha value is -3.61. The molecule has 2 heterocycles. The highest BCUT2D eigenvalue weighted by molar-refractivity contribution is 7.98. The van der Waals surface area contributed by atoms with Crippen LogP contribution < -0.4 is 5.32 Å². The first-order valence-electron chi connectivity index (χ1n) is 10.7. The highest BCUT2D eigenvalue weighted by Crippen LogP contribution is 2.35. The Labute approximate surface area is 206 Å². The number of rotatable bonds is 6. The Balaban J connectivity index is 1.38. The lowest BCUT2D eigenvalue weighted by molar-refractivity contribution is 0.102. The van der Waals surface area contributed by atoms with E-state index in [1.165, 1.54) is 0 Å². The number of carbonyl (C=O) groups is 1. The van der Waals surface area contributed by atoms with Crippen molar-refractivity contribution in [1.29, 1.82) is 0 Å². The highest BCUT2D eigenvalue weighted by Gasteiger charge is 2.18.